The molecule has 1 saturated carbocycles. The first-order valence-electron chi connectivity index (χ1n) is 3.82. The number of hydrogen-bond acceptors (Lipinski definition) is 2. The van der Waals surface area contributed by atoms with Crippen LogP contribution in [0.2, 0.25) is 0 Å². The van der Waals surface area contributed by atoms with Gasteiger partial charge in [-0.3, -0.25) is 0 Å². The minimum atomic E-state index is 0.360. The predicted octanol–water partition coefficient (Wildman–Crippen LogP) is 1.96. The highest BCUT2D eigenvalue weighted by atomic mass is 32.1. The van der Waals surface area contributed by atoms with Crippen LogP contribution in [0.5, 0.6) is 0 Å². The number of hydrogen-bond donors (Lipinski definition) is 0. The zero-order valence-corrected chi connectivity index (χ0v) is 7.06. The van der Waals surface area contributed by atoms with E-state index in [0.29, 0.717) is 17.5 Å². The van der Waals surface area contributed by atoms with Crippen molar-refractivity contribution in [2.75, 3.05) is 0 Å². The van der Waals surface area contributed by atoms with Gasteiger partial charge in [0, 0.05) is 0 Å². The summed E-state index contributed by atoms with van der Waals surface area (Å²) in [6, 6.07) is 0.360. The van der Waals surface area contributed by atoms with Crippen molar-refractivity contribution in [3.05, 3.63) is 0 Å². The molecule has 0 atom stereocenters. The van der Waals surface area contributed by atoms with E-state index in [0.717, 1.165) is 18.8 Å². The van der Waals surface area contributed by atoms with Crippen LogP contribution in [0.15, 0.2) is 4.36 Å². The third-order valence-corrected chi connectivity index (χ3v) is 2.56. The molecule has 0 aromatic heterocycles. The molecule has 0 amide bonds. The number of rotatable bonds is 1. The summed E-state index contributed by atoms with van der Waals surface area (Å²) in [4.78, 5) is 0. The molecule has 2 nitrogen and oxygen atoms in total. The summed E-state index contributed by atoms with van der Waals surface area (Å²) in [5.74, 6) is 0.850. The molecule has 0 unspecified atom stereocenters. The molecule has 10 heavy (non-hydrogen) atoms. The second-order valence-electron chi connectivity index (χ2n) is 3.09. The van der Waals surface area contributed by atoms with Gasteiger partial charge in [0.15, 0.2) is 11.5 Å². The fourth-order valence-corrected chi connectivity index (χ4v) is 1.74. The van der Waals surface area contributed by atoms with Crippen LogP contribution in [-0.2, 0) is 11.5 Å². The van der Waals surface area contributed by atoms with Crippen LogP contribution in [0.4, 0.5) is 0 Å². The van der Waals surface area contributed by atoms with Gasteiger partial charge >= 0.3 is 0 Å². The second-order valence-corrected chi connectivity index (χ2v) is 3.45. The van der Waals surface area contributed by atoms with Crippen LogP contribution in [0, 0.1) is 5.92 Å². The first-order chi connectivity index (χ1) is 4.83. The van der Waals surface area contributed by atoms with Gasteiger partial charge in [-0.15, -0.1) is 0 Å². The zero-order valence-electron chi connectivity index (χ0n) is 6.25. The molecule has 1 rings (SSSR count). The molecule has 3 heteroatoms. The Bertz CT molecular complexity index is 146. The Morgan fingerprint density at radius 2 is 1.90 bits per heavy atom. The fourth-order valence-electron chi connectivity index (χ4n) is 1.41. The van der Waals surface area contributed by atoms with Gasteiger partial charge in [-0.25, -0.2) is 0 Å². The van der Waals surface area contributed by atoms with Crippen molar-refractivity contribution in [1.82, 2.24) is 0 Å². The van der Waals surface area contributed by atoms with Crippen molar-refractivity contribution < 1.29 is 4.21 Å². The van der Waals surface area contributed by atoms with E-state index in [9.17, 15) is 4.21 Å². The van der Waals surface area contributed by atoms with E-state index in [2.05, 4.69) is 11.3 Å². The Morgan fingerprint density at radius 1 is 1.30 bits per heavy atom. The molecule has 1 aliphatic carbocycles. The minimum absolute atomic E-state index is 0.360. The average molecular weight is 159 g/mol. The maximum absolute atomic E-state index is 10.0. The first kappa shape index (κ1) is 7.92. The molecule has 58 valence electrons. The molecule has 0 aliphatic heterocycles. The normalized spacial score (nSPS) is 33.3. The van der Waals surface area contributed by atoms with Crippen molar-refractivity contribution in [3.8, 4) is 0 Å². The highest BCUT2D eigenvalue weighted by Crippen LogP contribution is 2.25. The highest BCUT2D eigenvalue weighted by Gasteiger charge is 2.16. The number of nitrogens with zero attached hydrogens (tertiary/aromatic N) is 1. The van der Waals surface area contributed by atoms with Crippen molar-refractivity contribution in [2.45, 2.75) is 38.6 Å². The fraction of sp³-hybridized carbons (Fsp3) is 1.00. The lowest BCUT2D eigenvalue weighted by Crippen LogP contribution is -2.14. The minimum Gasteiger partial charge on any atom is -0.191 e. The Morgan fingerprint density at radius 3 is 2.40 bits per heavy atom. The van der Waals surface area contributed by atoms with Crippen LogP contribution >= 0.6 is 0 Å². The molecule has 0 saturated heterocycles. The third kappa shape index (κ3) is 2.21. The van der Waals surface area contributed by atoms with Gasteiger partial charge in [-0.05, 0) is 31.6 Å². The average Bonchev–Trinajstić information content (AvgIpc) is 1.95. The van der Waals surface area contributed by atoms with E-state index in [1.807, 2.05) is 0 Å². The second kappa shape index (κ2) is 3.86. The summed E-state index contributed by atoms with van der Waals surface area (Å²) in [6.07, 6.45) is 4.73. The Labute approximate surface area is 65.3 Å². The summed E-state index contributed by atoms with van der Waals surface area (Å²) in [7, 11) is 0. The summed E-state index contributed by atoms with van der Waals surface area (Å²) < 4.78 is 13.9. The van der Waals surface area contributed by atoms with Gasteiger partial charge in [-0.2, -0.15) is 8.57 Å². The molecule has 0 heterocycles. The molecule has 0 aromatic carbocycles. The van der Waals surface area contributed by atoms with Crippen molar-refractivity contribution in [1.29, 1.82) is 0 Å². The predicted molar refractivity (Wildman–Crippen MR) is 42.0 cm³/mol. The monoisotopic (exact) mass is 159 g/mol. The highest BCUT2D eigenvalue weighted by molar-refractivity contribution is 7.54. The lowest BCUT2D eigenvalue weighted by Gasteiger charge is -2.21. The smallest absolute Gasteiger partial charge is 0.191 e. The van der Waals surface area contributed by atoms with E-state index in [1.54, 1.807) is 0 Å². The van der Waals surface area contributed by atoms with E-state index < -0.39 is 0 Å². The summed E-state index contributed by atoms with van der Waals surface area (Å²) in [6.45, 7) is 2.26. The molecule has 0 N–H and O–H groups in total. The van der Waals surface area contributed by atoms with Gasteiger partial charge in [0.25, 0.3) is 0 Å². The lowest BCUT2D eigenvalue weighted by molar-refractivity contribution is 0.351. The Kier molecular flexibility index (Phi) is 3.06. The third-order valence-electron chi connectivity index (χ3n) is 2.18. The Hall–Kier alpha value is -0.180. The first-order valence-corrected chi connectivity index (χ1v) is 4.52. The van der Waals surface area contributed by atoms with Crippen molar-refractivity contribution in [2.24, 2.45) is 10.3 Å². The maximum Gasteiger partial charge on any atom is 0.199 e. The van der Waals surface area contributed by atoms with Gasteiger partial charge in [0.05, 0.1) is 6.04 Å². The van der Waals surface area contributed by atoms with Gasteiger partial charge in [-0.1, -0.05) is 6.92 Å². The van der Waals surface area contributed by atoms with Crippen molar-refractivity contribution >= 4 is 11.5 Å². The van der Waals surface area contributed by atoms with Crippen LogP contribution in [-0.4, -0.2) is 10.3 Å². The molecular weight excluding hydrogens is 146 g/mol. The van der Waals surface area contributed by atoms with Gasteiger partial charge in [0.2, 0.25) is 0 Å². The molecule has 0 spiro atoms. The van der Waals surface area contributed by atoms with Crippen molar-refractivity contribution in [3.63, 3.8) is 0 Å². The van der Waals surface area contributed by atoms with Gasteiger partial charge < -0.3 is 0 Å². The maximum atomic E-state index is 10.0. The summed E-state index contributed by atoms with van der Waals surface area (Å²) in [5.41, 5.74) is 0. The SMILES string of the molecule is CC1CCC(N=S=O)CC1. The van der Waals surface area contributed by atoms with Crippen LogP contribution < -0.4 is 0 Å². The molecule has 0 radical (unpaired) electrons. The quantitative estimate of drug-likeness (QED) is 0.575. The molecule has 1 aliphatic rings. The molecule has 0 aromatic rings. The standard InChI is InChI=1S/C7H13NOS/c1-6-2-4-7(5-3-6)8-10-9/h6-7H,2-5H2,1H3. The van der Waals surface area contributed by atoms with Crippen LogP contribution in [0.1, 0.15) is 32.6 Å². The zero-order chi connectivity index (χ0) is 7.40. The largest absolute Gasteiger partial charge is 0.199 e. The van der Waals surface area contributed by atoms with E-state index in [-0.39, 0.29) is 0 Å². The summed E-state index contributed by atoms with van der Waals surface area (Å²) in [5, 5.41) is 0. The van der Waals surface area contributed by atoms with E-state index in [1.165, 1.54) is 12.8 Å². The molecular formula is C7H13NOS. The lowest BCUT2D eigenvalue weighted by atomic mass is 9.88. The molecule has 0 bridgehead atoms. The summed E-state index contributed by atoms with van der Waals surface area (Å²) >= 11 is 0.384. The molecule has 1 fully saturated rings. The van der Waals surface area contributed by atoms with Gasteiger partial charge in [0.1, 0.15) is 0 Å². The van der Waals surface area contributed by atoms with E-state index >= 15 is 0 Å². The topological polar surface area (TPSA) is 29.4 Å². The Balaban J connectivity index is 2.32. The van der Waals surface area contributed by atoms with E-state index in [4.69, 9.17) is 0 Å². The van der Waals surface area contributed by atoms with Crippen LogP contribution in [0.3, 0.4) is 0 Å². The van der Waals surface area contributed by atoms with Crippen LogP contribution in [0.25, 0.3) is 0 Å².